The van der Waals surface area contributed by atoms with Crippen LogP contribution in [0.15, 0.2) is 48.5 Å². The van der Waals surface area contributed by atoms with Gasteiger partial charge in [-0.15, -0.1) is 0 Å². The summed E-state index contributed by atoms with van der Waals surface area (Å²) in [5.41, 5.74) is 3.65. The zero-order valence-corrected chi connectivity index (χ0v) is 17.6. The summed E-state index contributed by atoms with van der Waals surface area (Å²) in [6, 6.07) is 16.0. The second-order valence-corrected chi connectivity index (χ2v) is 8.04. The average Bonchev–Trinajstić information content (AvgIpc) is 3.27. The summed E-state index contributed by atoms with van der Waals surface area (Å²) in [7, 11) is 0. The molecule has 6 heteroatoms. The quantitative estimate of drug-likeness (QED) is 0.661. The summed E-state index contributed by atoms with van der Waals surface area (Å²) >= 11 is 0. The van der Waals surface area contributed by atoms with Crippen LogP contribution >= 0.6 is 0 Å². The monoisotopic (exact) mass is 406 g/mol. The Hall–Kier alpha value is -2.86. The number of nitrogens with zero attached hydrogens (tertiary/aromatic N) is 2. The molecule has 30 heavy (non-hydrogen) atoms. The summed E-state index contributed by atoms with van der Waals surface area (Å²) in [6.07, 6.45) is 2.81. The largest absolute Gasteiger partial charge is 0.358 e. The van der Waals surface area contributed by atoms with Crippen molar-refractivity contribution in [2.45, 2.75) is 38.8 Å². The predicted molar refractivity (Wildman–Crippen MR) is 120 cm³/mol. The number of carbonyl (C=O) groups excluding carboxylic acids is 2. The molecule has 4 rings (SSSR count). The molecular weight excluding hydrogens is 376 g/mol. The van der Waals surface area contributed by atoms with Gasteiger partial charge in [0.25, 0.3) is 5.91 Å². The fourth-order valence-corrected chi connectivity index (χ4v) is 4.37. The van der Waals surface area contributed by atoms with Gasteiger partial charge < -0.3 is 15.5 Å². The molecule has 2 aliphatic rings. The normalized spacial score (nSPS) is 17.5. The van der Waals surface area contributed by atoms with Gasteiger partial charge >= 0.3 is 0 Å². The number of hydrogen-bond acceptors (Lipinski definition) is 4. The molecule has 2 aliphatic heterocycles. The van der Waals surface area contributed by atoms with Gasteiger partial charge in [-0.3, -0.25) is 14.5 Å². The molecular formula is C24H30N4O2. The highest BCUT2D eigenvalue weighted by Gasteiger charge is 2.36. The lowest BCUT2D eigenvalue weighted by molar-refractivity contribution is -0.117. The number of benzene rings is 2. The van der Waals surface area contributed by atoms with E-state index in [-0.39, 0.29) is 17.9 Å². The first-order chi connectivity index (χ1) is 14.7. The van der Waals surface area contributed by atoms with Crippen LogP contribution in [-0.4, -0.2) is 48.9 Å². The molecule has 2 aromatic rings. The molecule has 0 saturated carbocycles. The highest BCUT2D eigenvalue weighted by atomic mass is 16.2. The van der Waals surface area contributed by atoms with Crippen molar-refractivity contribution < 1.29 is 9.59 Å². The van der Waals surface area contributed by atoms with Crippen LogP contribution < -0.4 is 15.5 Å². The number of anilines is 2. The van der Waals surface area contributed by atoms with Crippen molar-refractivity contribution in [3.05, 3.63) is 59.7 Å². The number of hydrogen-bond donors (Lipinski definition) is 2. The van der Waals surface area contributed by atoms with Crippen molar-refractivity contribution in [2.75, 3.05) is 36.4 Å². The predicted octanol–water partition coefficient (Wildman–Crippen LogP) is 3.25. The molecule has 2 heterocycles. The molecule has 2 amide bonds. The molecule has 0 spiro atoms. The number of amides is 2. The van der Waals surface area contributed by atoms with Gasteiger partial charge in [-0.25, -0.2) is 0 Å². The molecule has 0 bridgehead atoms. The summed E-state index contributed by atoms with van der Waals surface area (Å²) in [4.78, 5) is 29.4. The van der Waals surface area contributed by atoms with E-state index in [1.54, 1.807) is 6.07 Å². The average molecular weight is 407 g/mol. The van der Waals surface area contributed by atoms with Gasteiger partial charge in [-0.05, 0) is 49.6 Å². The van der Waals surface area contributed by atoms with Gasteiger partial charge in [0.05, 0.1) is 11.4 Å². The lowest BCUT2D eigenvalue weighted by Crippen LogP contribution is -2.44. The maximum absolute atomic E-state index is 12.6. The molecule has 0 aliphatic carbocycles. The van der Waals surface area contributed by atoms with Crippen LogP contribution in [0.5, 0.6) is 0 Å². The van der Waals surface area contributed by atoms with Crippen molar-refractivity contribution in [1.29, 1.82) is 0 Å². The van der Waals surface area contributed by atoms with Crippen molar-refractivity contribution in [3.8, 4) is 0 Å². The molecule has 1 atom stereocenters. The Balaban J connectivity index is 1.28. The number of nitrogens with one attached hydrogen (secondary N) is 2. The number of fused-ring (bicyclic) bond motifs is 3. The third-order valence-corrected chi connectivity index (χ3v) is 6.01. The fourth-order valence-electron chi connectivity index (χ4n) is 4.37. The molecule has 6 nitrogen and oxygen atoms in total. The first-order valence-corrected chi connectivity index (χ1v) is 10.9. The zero-order chi connectivity index (χ0) is 20.9. The van der Waals surface area contributed by atoms with E-state index in [4.69, 9.17) is 0 Å². The summed E-state index contributed by atoms with van der Waals surface area (Å²) in [5.74, 6) is -0.0580. The standard InChI is InChI=1S/C24H30N4O2/c1-2-27(17-18-8-4-3-5-9-18)14-7-13-25-23(29)19-11-12-21-20(16-19)26-24(30)22-10-6-15-28(21)22/h3-5,8-9,11-12,16,22H,2,6-7,10,13-15,17H2,1H3,(H,25,29)(H,26,30). The van der Waals surface area contributed by atoms with Crippen LogP contribution in [0, 0.1) is 0 Å². The lowest BCUT2D eigenvalue weighted by atomic mass is 10.1. The Kier molecular flexibility index (Phi) is 6.33. The summed E-state index contributed by atoms with van der Waals surface area (Å²) < 4.78 is 0. The van der Waals surface area contributed by atoms with Gasteiger partial charge in [-0.2, -0.15) is 0 Å². The van der Waals surface area contributed by atoms with Gasteiger partial charge in [0, 0.05) is 31.7 Å². The van der Waals surface area contributed by atoms with E-state index in [2.05, 4.69) is 51.6 Å². The van der Waals surface area contributed by atoms with Gasteiger partial charge in [0.15, 0.2) is 0 Å². The van der Waals surface area contributed by atoms with Crippen LogP contribution in [-0.2, 0) is 11.3 Å². The minimum atomic E-state index is -0.0956. The lowest BCUT2D eigenvalue weighted by Gasteiger charge is -2.33. The van der Waals surface area contributed by atoms with Crippen LogP contribution in [0.1, 0.15) is 42.1 Å². The van der Waals surface area contributed by atoms with E-state index >= 15 is 0 Å². The highest BCUT2D eigenvalue weighted by Crippen LogP contribution is 2.37. The first kappa shape index (κ1) is 20.4. The topological polar surface area (TPSA) is 64.7 Å². The van der Waals surface area contributed by atoms with Crippen LogP contribution in [0.25, 0.3) is 0 Å². The van der Waals surface area contributed by atoms with Crippen molar-refractivity contribution in [2.24, 2.45) is 0 Å². The molecule has 2 N–H and O–H groups in total. The van der Waals surface area contributed by atoms with Gasteiger partial charge in [-0.1, -0.05) is 37.3 Å². The first-order valence-electron chi connectivity index (χ1n) is 10.9. The minimum Gasteiger partial charge on any atom is -0.358 e. The maximum Gasteiger partial charge on any atom is 0.251 e. The van der Waals surface area contributed by atoms with E-state index in [0.29, 0.717) is 12.1 Å². The van der Waals surface area contributed by atoms with Crippen molar-refractivity contribution in [3.63, 3.8) is 0 Å². The number of carbonyl (C=O) groups is 2. The van der Waals surface area contributed by atoms with Gasteiger partial charge in [0.2, 0.25) is 5.91 Å². The molecule has 158 valence electrons. The van der Waals surface area contributed by atoms with Crippen LogP contribution in [0.2, 0.25) is 0 Å². The second kappa shape index (κ2) is 9.30. The number of rotatable bonds is 8. The second-order valence-electron chi connectivity index (χ2n) is 8.04. The minimum absolute atomic E-state index is 0.0376. The van der Waals surface area contributed by atoms with E-state index in [1.165, 1.54) is 5.56 Å². The van der Waals surface area contributed by atoms with E-state index in [9.17, 15) is 9.59 Å². The Labute approximate surface area is 178 Å². The summed E-state index contributed by atoms with van der Waals surface area (Å²) in [5, 5.41) is 5.99. The molecule has 1 unspecified atom stereocenters. The van der Waals surface area contributed by atoms with Gasteiger partial charge in [0.1, 0.15) is 6.04 Å². The fraction of sp³-hybridized carbons (Fsp3) is 0.417. The Morgan fingerprint density at radius 2 is 2.07 bits per heavy atom. The summed E-state index contributed by atoms with van der Waals surface area (Å²) in [6.45, 7) is 6.52. The molecule has 0 radical (unpaired) electrons. The maximum atomic E-state index is 12.6. The third-order valence-electron chi connectivity index (χ3n) is 6.01. The highest BCUT2D eigenvalue weighted by molar-refractivity contribution is 6.06. The Morgan fingerprint density at radius 1 is 1.23 bits per heavy atom. The SMILES string of the molecule is CCN(CCCNC(=O)c1ccc2c(c1)NC(=O)C1CCCN21)Cc1ccccc1. The van der Waals surface area contributed by atoms with Crippen LogP contribution in [0.3, 0.4) is 0 Å². The molecule has 2 aromatic carbocycles. The van der Waals surface area contributed by atoms with E-state index < -0.39 is 0 Å². The third kappa shape index (κ3) is 4.49. The van der Waals surface area contributed by atoms with E-state index in [0.717, 1.165) is 56.8 Å². The molecule has 0 aromatic heterocycles. The zero-order valence-electron chi connectivity index (χ0n) is 17.6. The smallest absolute Gasteiger partial charge is 0.251 e. The van der Waals surface area contributed by atoms with Crippen LogP contribution in [0.4, 0.5) is 11.4 Å². The Bertz CT molecular complexity index is 899. The van der Waals surface area contributed by atoms with Crippen molar-refractivity contribution >= 4 is 23.2 Å². The van der Waals surface area contributed by atoms with E-state index in [1.807, 2.05) is 18.2 Å². The molecule has 1 saturated heterocycles. The molecule has 1 fully saturated rings. The van der Waals surface area contributed by atoms with Crippen molar-refractivity contribution in [1.82, 2.24) is 10.2 Å². The Morgan fingerprint density at radius 3 is 2.87 bits per heavy atom.